The van der Waals surface area contributed by atoms with E-state index in [9.17, 15) is 4.79 Å². The first-order chi connectivity index (χ1) is 11.0. The first kappa shape index (κ1) is 17.6. The maximum Gasteiger partial charge on any atom is 0.248 e. The quantitative estimate of drug-likeness (QED) is 0.437. The Morgan fingerprint density at radius 2 is 1.74 bits per heavy atom. The molecule has 4 nitrogen and oxygen atoms in total. The Balaban J connectivity index is 1.70. The van der Waals surface area contributed by atoms with Gasteiger partial charge in [-0.1, -0.05) is 29.3 Å². The Hall–Kier alpha value is -1.76. The molecule has 0 spiro atoms. The summed E-state index contributed by atoms with van der Waals surface area (Å²) >= 11 is 12.4. The molecule has 2 rings (SSSR count). The fourth-order valence-electron chi connectivity index (χ4n) is 1.64. The lowest BCUT2D eigenvalue weighted by atomic mass is 10.2. The molecular weight excluding hydrogens is 350 g/mol. The zero-order chi connectivity index (χ0) is 16.7. The summed E-state index contributed by atoms with van der Waals surface area (Å²) in [4.78, 5) is 12.8. The van der Waals surface area contributed by atoms with E-state index in [0.29, 0.717) is 15.9 Å². The molecule has 0 fully saturated rings. The molecule has 0 radical (unpaired) electrons. The topological polar surface area (TPSA) is 53.2 Å². The van der Waals surface area contributed by atoms with Crippen molar-refractivity contribution in [1.82, 2.24) is 10.9 Å². The number of amides is 1. The molecule has 0 saturated heterocycles. The van der Waals surface area contributed by atoms with Crippen molar-refractivity contribution in [3.63, 3.8) is 0 Å². The first-order valence-electron chi connectivity index (χ1n) is 6.84. The van der Waals surface area contributed by atoms with Crippen LogP contribution in [0.2, 0.25) is 5.02 Å². The number of thiocarbonyl (C=S) groups is 1. The monoisotopic (exact) mass is 365 g/mol. The standard InChI is InChI=1S/C16H16ClN3OS2/c1-11-2-8-14(9-3-11)23-10-15(21)19-20-16(22)18-13-6-4-12(17)5-7-13/h2-9H,10H2,1H3,(H,19,21)(H2,18,20,22). The number of benzene rings is 2. The van der Waals surface area contributed by atoms with Crippen LogP contribution in [0.25, 0.3) is 0 Å². The lowest BCUT2D eigenvalue weighted by Gasteiger charge is -2.11. The molecule has 0 aliphatic heterocycles. The largest absolute Gasteiger partial charge is 0.331 e. The molecule has 2 aromatic rings. The van der Waals surface area contributed by atoms with Crippen LogP contribution in [-0.2, 0) is 4.79 Å². The number of nitrogens with one attached hydrogen (secondary N) is 3. The summed E-state index contributed by atoms with van der Waals surface area (Å²) in [6, 6.07) is 15.1. The van der Waals surface area contributed by atoms with Gasteiger partial charge in [-0.25, -0.2) is 0 Å². The SMILES string of the molecule is Cc1ccc(SCC(=O)NNC(=S)Nc2ccc(Cl)cc2)cc1. The predicted molar refractivity (Wildman–Crippen MR) is 101 cm³/mol. The number of hydrazine groups is 1. The molecular formula is C16H16ClN3OS2. The van der Waals surface area contributed by atoms with Crippen LogP contribution in [0.5, 0.6) is 0 Å². The number of aryl methyl sites for hydroxylation is 1. The molecule has 0 bridgehead atoms. The van der Waals surface area contributed by atoms with Crippen LogP contribution < -0.4 is 16.2 Å². The van der Waals surface area contributed by atoms with Gasteiger partial charge >= 0.3 is 0 Å². The Morgan fingerprint density at radius 3 is 2.39 bits per heavy atom. The maximum atomic E-state index is 11.8. The van der Waals surface area contributed by atoms with E-state index < -0.39 is 0 Å². The van der Waals surface area contributed by atoms with Crippen molar-refractivity contribution in [3.05, 3.63) is 59.1 Å². The molecule has 0 unspecified atom stereocenters. The first-order valence-corrected chi connectivity index (χ1v) is 8.61. The number of carbonyl (C=O) groups is 1. The minimum Gasteiger partial charge on any atom is -0.331 e. The summed E-state index contributed by atoms with van der Waals surface area (Å²) in [6.45, 7) is 2.03. The van der Waals surface area contributed by atoms with E-state index in [1.54, 1.807) is 24.3 Å². The lowest BCUT2D eigenvalue weighted by Crippen LogP contribution is -2.44. The van der Waals surface area contributed by atoms with E-state index in [1.165, 1.54) is 17.3 Å². The molecule has 0 saturated carbocycles. The van der Waals surface area contributed by atoms with E-state index in [0.717, 1.165) is 10.6 Å². The summed E-state index contributed by atoms with van der Waals surface area (Å²) in [5.41, 5.74) is 7.20. The molecule has 2 aromatic carbocycles. The summed E-state index contributed by atoms with van der Waals surface area (Å²) < 4.78 is 0. The van der Waals surface area contributed by atoms with Crippen LogP contribution >= 0.6 is 35.6 Å². The van der Waals surface area contributed by atoms with Crippen molar-refractivity contribution < 1.29 is 4.79 Å². The van der Waals surface area contributed by atoms with Gasteiger partial charge in [-0.15, -0.1) is 11.8 Å². The Kier molecular flexibility index (Phi) is 6.70. The normalized spacial score (nSPS) is 10.0. The van der Waals surface area contributed by atoms with E-state index in [2.05, 4.69) is 16.2 Å². The van der Waals surface area contributed by atoms with Gasteiger partial charge in [-0.05, 0) is 55.5 Å². The van der Waals surface area contributed by atoms with Gasteiger partial charge in [0.05, 0.1) is 5.75 Å². The van der Waals surface area contributed by atoms with Crippen molar-refractivity contribution in [2.75, 3.05) is 11.1 Å². The van der Waals surface area contributed by atoms with Gasteiger partial charge in [0.1, 0.15) is 0 Å². The highest BCUT2D eigenvalue weighted by Gasteiger charge is 2.04. The van der Waals surface area contributed by atoms with E-state index in [1.807, 2.05) is 31.2 Å². The molecule has 3 N–H and O–H groups in total. The van der Waals surface area contributed by atoms with Crippen LogP contribution in [0.3, 0.4) is 0 Å². The Labute approximate surface area is 150 Å². The number of thioether (sulfide) groups is 1. The summed E-state index contributed by atoms with van der Waals surface area (Å²) in [5, 5.41) is 3.90. The second kappa shape index (κ2) is 8.76. The third kappa shape index (κ3) is 6.48. The summed E-state index contributed by atoms with van der Waals surface area (Å²) in [5.74, 6) is 0.149. The molecule has 0 aliphatic rings. The van der Waals surface area contributed by atoms with Crippen molar-refractivity contribution in [2.45, 2.75) is 11.8 Å². The molecule has 0 heterocycles. The van der Waals surface area contributed by atoms with Crippen LogP contribution in [0, 0.1) is 6.92 Å². The fourth-order valence-corrected chi connectivity index (χ4v) is 2.63. The summed E-state index contributed by atoms with van der Waals surface area (Å²) in [7, 11) is 0. The van der Waals surface area contributed by atoms with Crippen LogP contribution in [0.1, 0.15) is 5.56 Å². The number of hydrogen-bond donors (Lipinski definition) is 3. The van der Waals surface area contributed by atoms with Crippen LogP contribution in [0.4, 0.5) is 5.69 Å². The maximum absolute atomic E-state index is 11.8. The van der Waals surface area contributed by atoms with E-state index >= 15 is 0 Å². The molecule has 23 heavy (non-hydrogen) atoms. The molecule has 0 atom stereocenters. The number of hydrogen-bond acceptors (Lipinski definition) is 3. The third-order valence-corrected chi connectivity index (χ3v) is 4.28. The smallest absolute Gasteiger partial charge is 0.248 e. The highest BCUT2D eigenvalue weighted by Crippen LogP contribution is 2.17. The number of halogens is 1. The van der Waals surface area contributed by atoms with E-state index in [4.69, 9.17) is 23.8 Å². The van der Waals surface area contributed by atoms with Crippen LogP contribution in [-0.4, -0.2) is 16.8 Å². The van der Waals surface area contributed by atoms with Gasteiger partial charge in [-0.2, -0.15) is 0 Å². The van der Waals surface area contributed by atoms with Gasteiger partial charge in [0.15, 0.2) is 5.11 Å². The molecule has 0 aromatic heterocycles. The number of carbonyl (C=O) groups excluding carboxylic acids is 1. The second-order valence-electron chi connectivity index (χ2n) is 4.74. The minimum atomic E-state index is -0.157. The van der Waals surface area contributed by atoms with Gasteiger partial charge in [0, 0.05) is 15.6 Å². The third-order valence-electron chi connectivity index (χ3n) is 2.81. The van der Waals surface area contributed by atoms with Gasteiger partial charge in [0.25, 0.3) is 0 Å². The zero-order valence-electron chi connectivity index (χ0n) is 12.4. The highest BCUT2D eigenvalue weighted by molar-refractivity contribution is 8.00. The zero-order valence-corrected chi connectivity index (χ0v) is 14.8. The highest BCUT2D eigenvalue weighted by atomic mass is 35.5. The summed E-state index contributed by atoms with van der Waals surface area (Å²) in [6.07, 6.45) is 0. The Bertz CT molecular complexity index is 675. The van der Waals surface area contributed by atoms with Crippen molar-refractivity contribution in [3.8, 4) is 0 Å². The van der Waals surface area contributed by atoms with E-state index in [-0.39, 0.29) is 5.91 Å². The van der Waals surface area contributed by atoms with Crippen molar-refractivity contribution >= 4 is 52.3 Å². The van der Waals surface area contributed by atoms with Gasteiger partial charge in [-0.3, -0.25) is 15.6 Å². The average Bonchev–Trinajstić information content (AvgIpc) is 2.54. The molecule has 1 amide bonds. The van der Waals surface area contributed by atoms with Gasteiger partial charge < -0.3 is 5.32 Å². The fraction of sp³-hybridized carbons (Fsp3) is 0.125. The molecule has 0 aliphatic carbocycles. The minimum absolute atomic E-state index is 0.157. The number of anilines is 1. The van der Waals surface area contributed by atoms with Crippen molar-refractivity contribution in [2.24, 2.45) is 0 Å². The molecule has 7 heteroatoms. The predicted octanol–water partition coefficient (Wildman–Crippen LogP) is 3.76. The van der Waals surface area contributed by atoms with Gasteiger partial charge in [0.2, 0.25) is 5.91 Å². The Morgan fingerprint density at radius 1 is 1.09 bits per heavy atom. The van der Waals surface area contributed by atoms with Crippen LogP contribution in [0.15, 0.2) is 53.4 Å². The average molecular weight is 366 g/mol. The van der Waals surface area contributed by atoms with Crippen molar-refractivity contribution in [1.29, 1.82) is 0 Å². The number of rotatable bonds is 4. The lowest BCUT2D eigenvalue weighted by molar-refractivity contribution is -0.119. The molecule has 120 valence electrons. The second-order valence-corrected chi connectivity index (χ2v) is 6.63.